The van der Waals surface area contributed by atoms with Crippen molar-refractivity contribution in [1.29, 1.82) is 0 Å². The molecular formula is C21H20N4O. The second kappa shape index (κ2) is 6.09. The van der Waals surface area contributed by atoms with Gasteiger partial charge in [0.05, 0.1) is 11.6 Å². The number of aromatic nitrogens is 4. The molecule has 0 N–H and O–H groups in total. The molecule has 1 saturated carbocycles. The predicted molar refractivity (Wildman–Crippen MR) is 101 cm³/mol. The average Bonchev–Trinajstić information content (AvgIpc) is 3.41. The molecule has 0 spiro atoms. The lowest BCUT2D eigenvalue weighted by Crippen LogP contribution is -2.06. The number of hydrogen-bond donors (Lipinski definition) is 0. The Hall–Kier alpha value is -2.95. The van der Waals surface area contributed by atoms with Crippen LogP contribution in [0.3, 0.4) is 0 Å². The van der Waals surface area contributed by atoms with Gasteiger partial charge in [0, 0.05) is 17.2 Å². The Balaban J connectivity index is 1.51. The van der Waals surface area contributed by atoms with Gasteiger partial charge in [-0.25, -0.2) is 4.68 Å². The van der Waals surface area contributed by atoms with Crippen LogP contribution in [0.5, 0.6) is 0 Å². The summed E-state index contributed by atoms with van der Waals surface area (Å²) < 4.78 is 7.70. The first-order valence-corrected chi connectivity index (χ1v) is 9.17. The number of fused-ring (bicyclic) bond motifs is 1. The zero-order valence-electron chi connectivity index (χ0n) is 14.7. The highest BCUT2D eigenvalue weighted by Gasteiger charge is 2.20. The van der Waals surface area contributed by atoms with Crippen LogP contribution in [0.4, 0.5) is 0 Å². The highest BCUT2D eigenvalue weighted by atomic mass is 16.5. The maximum absolute atomic E-state index is 5.61. The van der Waals surface area contributed by atoms with Gasteiger partial charge in [0.15, 0.2) is 5.76 Å². The Labute approximate surface area is 151 Å². The van der Waals surface area contributed by atoms with Crippen LogP contribution in [0.1, 0.15) is 37.3 Å². The molecule has 0 saturated heterocycles. The van der Waals surface area contributed by atoms with Crippen LogP contribution in [0.15, 0.2) is 53.1 Å². The van der Waals surface area contributed by atoms with E-state index in [-0.39, 0.29) is 0 Å². The molecule has 0 aliphatic heterocycles. The zero-order chi connectivity index (χ0) is 17.5. The quantitative estimate of drug-likeness (QED) is 0.514. The normalized spacial score (nSPS) is 15.1. The largest absolute Gasteiger partial charge is 0.356 e. The molecule has 1 fully saturated rings. The van der Waals surface area contributed by atoms with Crippen molar-refractivity contribution < 1.29 is 4.52 Å². The van der Waals surface area contributed by atoms with Crippen LogP contribution < -0.4 is 0 Å². The van der Waals surface area contributed by atoms with Gasteiger partial charge in [-0.1, -0.05) is 47.5 Å². The first kappa shape index (κ1) is 15.3. The summed E-state index contributed by atoms with van der Waals surface area (Å²) in [6.45, 7) is 2.08. The minimum atomic E-state index is 0.490. The highest BCUT2D eigenvalue weighted by Crippen LogP contribution is 2.33. The van der Waals surface area contributed by atoms with E-state index in [0.29, 0.717) is 6.04 Å². The van der Waals surface area contributed by atoms with Crippen LogP contribution in [0, 0.1) is 6.92 Å². The molecule has 0 bridgehead atoms. The highest BCUT2D eigenvalue weighted by molar-refractivity contribution is 5.81. The molecule has 2 aromatic heterocycles. The van der Waals surface area contributed by atoms with Gasteiger partial charge in [-0.05, 0) is 43.5 Å². The van der Waals surface area contributed by atoms with Gasteiger partial charge in [-0.15, -0.1) is 5.10 Å². The van der Waals surface area contributed by atoms with Gasteiger partial charge < -0.3 is 4.52 Å². The van der Waals surface area contributed by atoms with Gasteiger partial charge in [0.1, 0.15) is 11.2 Å². The molecule has 0 amide bonds. The van der Waals surface area contributed by atoms with E-state index in [4.69, 9.17) is 4.52 Å². The third kappa shape index (κ3) is 2.51. The van der Waals surface area contributed by atoms with Crippen molar-refractivity contribution >= 4 is 11.0 Å². The fourth-order valence-corrected chi connectivity index (χ4v) is 3.91. The summed E-state index contributed by atoms with van der Waals surface area (Å²) in [5.41, 5.74) is 6.11. The molecule has 0 radical (unpaired) electrons. The van der Waals surface area contributed by atoms with Crippen molar-refractivity contribution in [2.45, 2.75) is 38.6 Å². The number of hydrogen-bond acceptors (Lipinski definition) is 4. The van der Waals surface area contributed by atoms with E-state index < -0.39 is 0 Å². The van der Waals surface area contributed by atoms with Crippen molar-refractivity contribution in [3.05, 3.63) is 54.1 Å². The number of aryl methyl sites for hydroxylation is 1. The van der Waals surface area contributed by atoms with Gasteiger partial charge >= 0.3 is 0 Å². The lowest BCUT2D eigenvalue weighted by molar-refractivity contribution is 0.435. The molecule has 0 atom stereocenters. The van der Waals surface area contributed by atoms with E-state index in [1.165, 1.54) is 31.2 Å². The molecule has 2 heterocycles. The average molecular weight is 344 g/mol. The molecule has 2 aromatic carbocycles. The van der Waals surface area contributed by atoms with Crippen LogP contribution in [0.25, 0.3) is 33.6 Å². The molecule has 1 aliphatic rings. The summed E-state index contributed by atoms with van der Waals surface area (Å²) in [6.07, 6.45) is 4.96. The Bertz CT molecular complexity index is 1070. The summed E-state index contributed by atoms with van der Waals surface area (Å²) >= 11 is 0. The van der Waals surface area contributed by atoms with Gasteiger partial charge in [-0.2, -0.15) is 0 Å². The lowest BCUT2D eigenvalue weighted by atomic mass is 10.0. The summed E-state index contributed by atoms with van der Waals surface area (Å²) in [5, 5.41) is 13.0. The van der Waals surface area contributed by atoms with E-state index in [2.05, 4.69) is 51.3 Å². The van der Waals surface area contributed by atoms with Crippen LogP contribution >= 0.6 is 0 Å². The summed E-state index contributed by atoms with van der Waals surface area (Å²) in [7, 11) is 0. The van der Waals surface area contributed by atoms with Crippen LogP contribution in [-0.2, 0) is 0 Å². The first-order chi connectivity index (χ1) is 12.8. The van der Waals surface area contributed by atoms with E-state index in [0.717, 1.165) is 33.6 Å². The second-order valence-electron chi connectivity index (χ2n) is 7.07. The minimum absolute atomic E-state index is 0.490. The van der Waals surface area contributed by atoms with Gasteiger partial charge in [0.2, 0.25) is 0 Å². The minimum Gasteiger partial charge on any atom is -0.356 e. The third-order valence-electron chi connectivity index (χ3n) is 5.36. The third-order valence-corrected chi connectivity index (χ3v) is 5.36. The van der Waals surface area contributed by atoms with E-state index >= 15 is 0 Å². The first-order valence-electron chi connectivity index (χ1n) is 9.17. The van der Waals surface area contributed by atoms with Crippen molar-refractivity contribution in [3.8, 4) is 22.6 Å². The number of rotatable bonds is 3. The van der Waals surface area contributed by atoms with Crippen molar-refractivity contribution in [1.82, 2.24) is 20.2 Å². The Morgan fingerprint density at radius 3 is 2.73 bits per heavy atom. The molecule has 0 unspecified atom stereocenters. The second-order valence-corrected chi connectivity index (χ2v) is 7.07. The monoisotopic (exact) mass is 344 g/mol. The van der Waals surface area contributed by atoms with Crippen molar-refractivity contribution in [3.63, 3.8) is 0 Å². The summed E-state index contributed by atoms with van der Waals surface area (Å²) in [5.74, 6) is 0.751. The molecule has 4 aromatic rings. The van der Waals surface area contributed by atoms with Crippen LogP contribution in [-0.4, -0.2) is 20.2 Å². The summed E-state index contributed by atoms with van der Waals surface area (Å²) in [4.78, 5) is 0. The van der Waals surface area contributed by atoms with E-state index in [1.807, 2.05) is 24.3 Å². The molecule has 26 heavy (non-hydrogen) atoms. The van der Waals surface area contributed by atoms with Crippen LogP contribution in [0.2, 0.25) is 0 Å². The van der Waals surface area contributed by atoms with Crippen molar-refractivity contribution in [2.75, 3.05) is 0 Å². The van der Waals surface area contributed by atoms with E-state index in [1.54, 1.807) is 0 Å². The predicted octanol–water partition coefficient (Wildman–Crippen LogP) is 5.18. The topological polar surface area (TPSA) is 56.7 Å². The lowest BCUT2D eigenvalue weighted by Gasteiger charge is -2.09. The maximum atomic E-state index is 5.61. The molecule has 1 aliphatic carbocycles. The standard InChI is InChI=1S/C21H20N4O/c1-14-6-2-5-9-17(14)18-13-21(26-23-18)15-10-11-20-19(12-15)22-24-25(20)16-7-3-4-8-16/h2,5-6,9-13,16H,3-4,7-8H2,1H3. The smallest absolute Gasteiger partial charge is 0.167 e. The maximum Gasteiger partial charge on any atom is 0.167 e. The van der Waals surface area contributed by atoms with E-state index in [9.17, 15) is 0 Å². The van der Waals surface area contributed by atoms with Gasteiger partial charge in [0.25, 0.3) is 0 Å². The Morgan fingerprint density at radius 2 is 1.88 bits per heavy atom. The Morgan fingerprint density at radius 1 is 1.04 bits per heavy atom. The molecule has 5 rings (SSSR count). The molecular weight excluding hydrogens is 324 g/mol. The fraction of sp³-hybridized carbons (Fsp3) is 0.286. The molecule has 5 nitrogen and oxygen atoms in total. The Kier molecular flexibility index (Phi) is 3.59. The zero-order valence-corrected chi connectivity index (χ0v) is 14.7. The number of benzene rings is 2. The number of nitrogens with zero attached hydrogens (tertiary/aromatic N) is 4. The van der Waals surface area contributed by atoms with Crippen molar-refractivity contribution in [2.24, 2.45) is 0 Å². The molecule has 5 heteroatoms. The fourth-order valence-electron chi connectivity index (χ4n) is 3.91. The molecule has 130 valence electrons. The SMILES string of the molecule is Cc1ccccc1-c1cc(-c2ccc3c(c2)nnn3C2CCCC2)on1. The van der Waals surface area contributed by atoms with Gasteiger partial charge in [-0.3, -0.25) is 0 Å². The summed E-state index contributed by atoms with van der Waals surface area (Å²) in [6, 6.07) is 16.9.